The number of para-hydroxylation sites is 1. The molecule has 4 heteroatoms. The lowest BCUT2D eigenvalue weighted by Gasteiger charge is -2.07. The molecule has 4 nitrogen and oxygen atoms in total. The van der Waals surface area contributed by atoms with E-state index in [9.17, 15) is 9.59 Å². The van der Waals surface area contributed by atoms with Crippen LogP contribution in [0.1, 0.15) is 26.3 Å². The van der Waals surface area contributed by atoms with Crippen LogP contribution in [0.4, 0.5) is 5.69 Å². The van der Waals surface area contributed by atoms with Crippen LogP contribution in [-0.2, 0) is 0 Å². The van der Waals surface area contributed by atoms with Gasteiger partial charge in [0.15, 0.2) is 5.78 Å². The van der Waals surface area contributed by atoms with E-state index in [1.54, 1.807) is 36.4 Å². The number of hydrogen-bond acceptors (Lipinski definition) is 3. The fourth-order valence-electron chi connectivity index (χ4n) is 1.72. The first kappa shape index (κ1) is 11.9. The first-order valence-corrected chi connectivity index (χ1v) is 5.39. The Kier molecular flexibility index (Phi) is 3.10. The van der Waals surface area contributed by atoms with Crippen molar-refractivity contribution in [1.29, 1.82) is 0 Å². The van der Waals surface area contributed by atoms with Crippen molar-refractivity contribution in [3.63, 3.8) is 0 Å². The van der Waals surface area contributed by atoms with Crippen LogP contribution < -0.4 is 11.5 Å². The van der Waals surface area contributed by atoms with E-state index in [4.69, 9.17) is 11.5 Å². The average molecular weight is 240 g/mol. The van der Waals surface area contributed by atoms with Crippen LogP contribution >= 0.6 is 0 Å². The Morgan fingerprint density at radius 2 is 1.44 bits per heavy atom. The highest BCUT2D eigenvalue weighted by Gasteiger charge is 2.16. The van der Waals surface area contributed by atoms with Gasteiger partial charge in [-0.25, -0.2) is 0 Å². The molecule has 18 heavy (non-hydrogen) atoms. The minimum atomic E-state index is -0.643. The highest BCUT2D eigenvalue weighted by Crippen LogP contribution is 2.20. The molecule has 0 aromatic heterocycles. The summed E-state index contributed by atoms with van der Waals surface area (Å²) in [6.07, 6.45) is 0. The standard InChI is InChI=1S/C14H12N2O2/c15-12-10(7-4-8-11(12)14(16)18)13(17)9-5-2-1-3-6-9/h1-8H,15H2,(H2,16,18). The van der Waals surface area contributed by atoms with Crippen molar-refractivity contribution in [2.24, 2.45) is 5.73 Å². The second-order valence-corrected chi connectivity index (χ2v) is 3.83. The van der Waals surface area contributed by atoms with Gasteiger partial charge in [0, 0.05) is 11.1 Å². The molecule has 0 saturated carbocycles. The smallest absolute Gasteiger partial charge is 0.250 e. The molecule has 0 fully saturated rings. The maximum atomic E-state index is 12.2. The van der Waals surface area contributed by atoms with E-state index >= 15 is 0 Å². The number of nitrogens with two attached hydrogens (primary N) is 2. The predicted octanol–water partition coefficient (Wildman–Crippen LogP) is 1.60. The molecule has 0 radical (unpaired) electrons. The molecule has 0 atom stereocenters. The van der Waals surface area contributed by atoms with Gasteiger partial charge in [0.1, 0.15) is 0 Å². The Balaban J connectivity index is 2.50. The van der Waals surface area contributed by atoms with Crippen LogP contribution in [0.25, 0.3) is 0 Å². The fourth-order valence-corrected chi connectivity index (χ4v) is 1.72. The van der Waals surface area contributed by atoms with Crippen molar-refractivity contribution in [2.75, 3.05) is 5.73 Å². The number of hydrogen-bond donors (Lipinski definition) is 2. The molecule has 90 valence electrons. The zero-order valence-electron chi connectivity index (χ0n) is 9.59. The number of primary amides is 1. The number of carbonyl (C=O) groups is 2. The molecule has 0 aliphatic carbocycles. The number of anilines is 1. The Morgan fingerprint density at radius 3 is 2.06 bits per heavy atom. The molecule has 4 N–H and O–H groups in total. The average Bonchev–Trinajstić information content (AvgIpc) is 2.39. The van der Waals surface area contributed by atoms with Crippen molar-refractivity contribution in [1.82, 2.24) is 0 Å². The lowest BCUT2D eigenvalue weighted by Crippen LogP contribution is -2.16. The zero-order valence-corrected chi connectivity index (χ0v) is 9.59. The van der Waals surface area contributed by atoms with E-state index in [0.29, 0.717) is 5.56 Å². The normalized spacial score (nSPS) is 10.0. The van der Waals surface area contributed by atoms with Crippen molar-refractivity contribution in [3.8, 4) is 0 Å². The van der Waals surface area contributed by atoms with Crippen molar-refractivity contribution in [3.05, 3.63) is 65.2 Å². The summed E-state index contributed by atoms with van der Waals surface area (Å²) in [4.78, 5) is 23.4. The quantitative estimate of drug-likeness (QED) is 0.631. The van der Waals surface area contributed by atoms with Gasteiger partial charge in [-0.05, 0) is 12.1 Å². The molecule has 2 aromatic carbocycles. The number of amides is 1. The molecular weight excluding hydrogens is 228 g/mol. The maximum Gasteiger partial charge on any atom is 0.250 e. The predicted molar refractivity (Wildman–Crippen MR) is 69.2 cm³/mol. The molecule has 2 aromatic rings. The summed E-state index contributed by atoms with van der Waals surface area (Å²) in [7, 11) is 0. The topological polar surface area (TPSA) is 86.2 Å². The van der Waals surface area contributed by atoms with Crippen molar-refractivity contribution >= 4 is 17.4 Å². The fraction of sp³-hybridized carbons (Fsp3) is 0. The first-order valence-electron chi connectivity index (χ1n) is 5.39. The third-order valence-electron chi connectivity index (χ3n) is 2.65. The molecule has 2 rings (SSSR count). The van der Waals surface area contributed by atoms with Gasteiger partial charge in [-0.2, -0.15) is 0 Å². The maximum absolute atomic E-state index is 12.2. The number of ketones is 1. The second kappa shape index (κ2) is 4.71. The molecule has 0 heterocycles. The van der Waals surface area contributed by atoms with Gasteiger partial charge in [-0.15, -0.1) is 0 Å². The summed E-state index contributed by atoms with van der Waals surface area (Å²) in [5.41, 5.74) is 12.1. The summed E-state index contributed by atoms with van der Waals surface area (Å²) in [5, 5.41) is 0. The lowest BCUT2D eigenvalue weighted by atomic mass is 9.99. The molecule has 0 spiro atoms. The van der Waals surface area contributed by atoms with E-state index in [-0.39, 0.29) is 22.6 Å². The molecule has 0 bridgehead atoms. The van der Waals surface area contributed by atoms with Gasteiger partial charge in [0.05, 0.1) is 11.3 Å². The third-order valence-corrected chi connectivity index (χ3v) is 2.65. The van der Waals surface area contributed by atoms with Gasteiger partial charge >= 0.3 is 0 Å². The monoisotopic (exact) mass is 240 g/mol. The summed E-state index contributed by atoms with van der Waals surface area (Å²) in [6.45, 7) is 0. The van der Waals surface area contributed by atoms with Gasteiger partial charge in [-0.1, -0.05) is 36.4 Å². The van der Waals surface area contributed by atoms with E-state index in [2.05, 4.69) is 0 Å². The van der Waals surface area contributed by atoms with Crippen LogP contribution in [0.2, 0.25) is 0 Å². The number of benzene rings is 2. The SMILES string of the molecule is NC(=O)c1cccc(C(=O)c2ccccc2)c1N. The highest BCUT2D eigenvalue weighted by molar-refractivity contribution is 6.14. The van der Waals surface area contributed by atoms with Gasteiger partial charge in [-0.3, -0.25) is 9.59 Å². The van der Waals surface area contributed by atoms with E-state index in [1.807, 2.05) is 6.07 Å². The van der Waals surface area contributed by atoms with E-state index in [1.165, 1.54) is 6.07 Å². The van der Waals surface area contributed by atoms with Gasteiger partial charge in [0.2, 0.25) is 0 Å². The molecule has 0 aliphatic heterocycles. The number of nitrogen functional groups attached to an aromatic ring is 1. The van der Waals surface area contributed by atoms with Gasteiger partial charge in [0.25, 0.3) is 5.91 Å². The lowest BCUT2D eigenvalue weighted by molar-refractivity contribution is 0.100. The minimum absolute atomic E-state index is 0.124. The summed E-state index contributed by atoms with van der Waals surface area (Å²) < 4.78 is 0. The molecular formula is C14H12N2O2. The Bertz CT molecular complexity index is 606. The molecule has 0 saturated heterocycles. The summed E-state index contributed by atoms with van der Waals surface area (Å²) in [5.74, 6) is -0.869. The van der Waals surface area contributed by atoms with Crippen LogP contribution in [0.3, 0.4) is 0 Å². The van der Waals surface area contributed by atoms with Crippen LogP contribution in [0, 0.1) is 0 Å². The summed E-state index contributed by atoms with van der Waals surface area (Å²) >= 11 is 0. The largest absolute Gasteiger partial charge is 0.397 e. The highest BCUT2D eigenvalue weighted by atomic mass is 16.1. The molecule has 0 unspecified atom stereocenters. The van der Waals surface area contributed by atoms with Crippen molar-refractivity contribution < 1.29 is 9.59 Å². The number of carbonyl (C=O) groups excluding carboxylic acids is 2. The first-order chi connectivity index (χ1) is 8.61. The number of rotatable bonds is 3. The second-order valence-electron chi connectivity index (χ2n) is 3.83. The van der Waals surface area contributed by atoms with Crippen LogP contribution in [-0.4, -0.2) is 11.7 Å². The van der Waals surface area contributed by atoms with E-state index in [0.717, 1.165) is 0 Å². The van der Waals surface area contributed by atoms with Crippen molar-refractivity contribution in [2.45, 2.75) is 0 Å². The molecule has 1 amide bonds. The Labute approximate surface area is 104 Å². The Hall–Kier alpha value is -2.62. The van der Waals surface area contributed by atoms with Crippen LogP contribution in [0.15, 0.2) is 48.5 Å². The zero-order chi connectivity index (χ0) is 13.1. The third kappa shape index (κ3) is 2.08. The van der Waals surface area contributed by atoms with Crippen LogP contribution in [0.5, 0.6) is 0 Å². The van der Waals surface area contributed by atoms with E-state index < -0.39 is 5.91 Å². The Morgan fingerprint density at radius 1 is 0.833 bits per heavy atom. The van der Waals surface area contributed by atoms with Gasteiger partial charge < -0.3 is 11.5 Å². The minimum Gasteiger partial charge on any atom is -0.397 e. The molecule has 0 aliphatic rings. The summed E-state index contributed by atoms with van der Waals surface area (Å²) in [6, 6.07) is 13.4.